The van der Waals surface area contributed by atoms with Crippen molar-refractivity contribution >= 4 is 40.7 Å². The number of carbonyl (C=O) groups is 3. The van der Waals surface area contributed by atoms with Gasteiger partial charge in [-0.3, -0.25) is 14.4 Å². The molecule has 13 nitrogen and oxygen atoms in total. The number of hydrogen-bond donors (Lipinski definition) is 2. The largest absolute Gasteiger partial charge is 0.493 e. The first-order valence-corrected chi connectivity index (χ1v) is 19.2. The number of alkyl halides is 1. The van der Waals surface area contributed by atoms with E-state index in [1.807, 2.05) is 42.5 Å². The van der Waals surface area contributed by atoms with Crippen LogP contribution in [0.1, 0.15) is 36.0 Å². The van der Waals surface area contributed by atoms with Gasteiger partial charge in [-0.1, -0.05) is 18.2 Å². The molecule has 14 heteroatoms. The van der Waals surface area contributed by atoms with E-state index in [0.717, 1.165) is 66.1 Å². The lowest BCUT2D eigenvalue weighted by Crippen LogP contribution is -2.36. The number of aryl methyl sites for hydroxylation is 3. The fourth-order valence-corrected chi connectivity index (χ4v) is 6.09. The third kappa shape index (κ3) is 15.7. The number of benzene rings is 3. The number of rotatable bonds is 26. The smallest absolute Gasteiger partial charge is 0.258 e. The number of nitrogens with one attached hydrogen (secondary N) is 2. The zero-order valence-electron chi connectivity index (χ0n) is 31.9. The molecule has 0 aromatic heterocycles. The van der Waals surface area contributed by atoms with Gasteiger partial charge in [-0.05, 0) is 91.3 Å². The summed E-state index contributed by atoms with van der Waals surface area (Å²) in [5.41, 5.74) is 4.96. The van der Waals surface area contributed by atoms with Crippen molar-refractivity contribution in [2.24, 2.45) is 0 Å². The average molecular weight is 784 g/mol. The minimum Gasteiger partial charge on any atom is -0.493 e. The first-order valence-electron chi connectivity index (χ1n) is 18.7. The Morgan fingerprint density at radius 2 is 1.44 bits per heavy atom. The molecule has 4 rings (SSSR count). The molecule has 55 heavy (non-hydrogen) atoms. The van der Waals surface area contributed by atoms with Crippen LogP contribution in [0.4, 0.5) is 11.4 Å². The molecule has 1 aliphatic heterocycles. The summed E-state index contributed by atoms with van der Waals surface area (Å²) in [7, 11) is 3.27. The molecule has 3 aromatic carbocycles. The highest BCUT2D eigenvalue weighted by Gasteiger charge is 2.22. The number of ether oxygens (including phenoxy) is 7. The second-order valence-electron chi connectivity index (χ2n) is 12.7. The molecular formula is C41H54ClN3O10. The summed E-state index contributed by atoms with van der Waals surface area (Å²) in [6.07, 6.45) is 4.69. The van der Waals surface area contributed by atoms with Crippen LogP contribution in [0, 0.1) is 0 Å². The molecule has 0 radical (unpaired) electrons. The Bertz CT molecular complexity index is 1640. The molecule has 0 spiro atoms. The maximum Gasteiger partial charge on any atom is 0.258 e. The second-order valence-corrected chi connectivity index (χ2v) is 13.0. The van der Waals surface area contributed by atoms with E-state index < -0.39 is 0 Å². The highest BCUT2D eigenvalue weighted by atomic mass is 35.5. The van der Waals surface area contributed by atoms with Gasteiger partial charge < -0.3 is 48.7 Å². The van der Waals surface area contributed by atoms with Crippen LogP contribution >= 0.6 is 11.6 Å². The third-order valence-electron chi connectivity index (χ3n) is 8.70. The summed E-state index contributed by atoms with van der Waals surface area (Å²) >= 11 is 5.74. The van der Waals surface area contributed by atoms with Crippen LogP contribution in [-0.2, 0) is 52.6 Å². The Hall–Kier alpha value is -4.40. The van der Waals surface area contributed by atoms with Gasteiger partial charge in [-0.15, -0.1) is 11.6 Å². The molecule has 0 saturated carbocycles. The monoisotopic (exact) mass is 783 g/mol. The minimum absolute atomic E-state index is 0.0589. The maximum atomic E-state index is 12.4. The molecule has 0 unspecified atom stereocenters. The number of halogens is 1. The number of carbonyl (C=O) groups excluding carboxylic acids is 3. The fraction of sp³-hybridized carbons (Fsp3) is 0.488. The maximum absolute atomic E-state index is 12.4. The van der Waals surface area contributed by atoms with E-state index in [9.17, 15) is 14.4 Å². The lowest BCUT2D eigenvalue weighted by molar-refractivity contribution is -0.123. The Morgan fingerprint density at radius 1 is 0.745 bits per heavy atom. The lowest BCUT2D eigenvalue weighted by Gasteiger charge is -2.29. The SMILES string of the molecule is COc1ccc(CCCc2cccc(NC(=O)CCOCCOCCOCCOCCNC(=O)COc3ccc4c(c3)CCCN4C(=O)CCl)c2)cc1OC. The minimum atomic E-state index is -0.252. The van der Waals surface area contributed by atoms with Crippen LogP contribution < -0.4 is 29.7 Å². The summed E-state index contributed by atoms with van der Waals surface area (Å²) in [5, 5.41) is 5.71. The van der Waals surface area contributed by atoms with Crippen molar-refractivity contribution in [1.29, 1.82) is 0 Å². The van der Waals surface area contributed by atoms with Gasteiger partial charge in [-0.2, -0.15) is 0 Å². The normalized spacial score (nSPS) is 12.2. The van der Waals surface area contributed by atoms with Crippen LogP contribution in [-0.4, -0.2) is 110 Å². The predicted molar refractivity (Wildman–Crippen MR) is 211 cm³/mol. The average Bonchev–Trinajstić information content (AvgIpc) is 3.20. The summed E-state index contributed by atoms with van der Waals surface area (Å²) in [5.74, 6) is 1.49. The first-order chi connectivity index (χ1) is 26.9. The molecular weight excluding hydrogens is 730 g/mol. The standard InChI is InChI=1S/C41H54ClN3O10/c1-49-37-14-11-32(27-38(37)50-2)7-3-6-31-8-4-10-34(26-31)44-39(46)15-18-51-20-22-53-24-25-54-23-21-52-19-16-43-40(47)30-55-35-12-13-36-33(28-35)9-5-17-45(36)41(48)29-42/h4,8,10-14,26-28H,3,5-7,9,15-25,29-30H2,1-2H3,(H,43,47)(H,44,46). The molecule has 3 amide bonds. The van der Waals surface area contributed by atoms with E-state index in [4.69, 9.17) is 44.8 Å². The fourth-order valence-electron chi connectivity index (χ4n) is 5.94. The van der Waals surface area contributed by atoms with E-state index in [1.54, 1.807) is 25.2 Å². The molecule has 3 aromatic rings. The van der Waals surface area contributed by atoms with E-state index in [2.05, 4.69) is 22.8 Å². The van der Waals surface area contributed by atoms with E-state index in [0.29, 0.717) is 71.7 Å². The van der Waals surface area contributed by atoms with Gasteiger partial charge in [0.15, 0.2) is 18.1 Å². The summed E-state index contributed by atoms with van der Waals surface area (Å²) in [4.78, 5) is 38.4. The van der Waals surface area contributed by atoms with Crippen molar-refractivity contribution < 1.29 is 47.5 Å². The zero-order valence-corrected chi connectivity index (χ0v) is 32.7. The Kier molecular flexibility index (Phi) is 19.6. The van der Waals surface area contributed by atoms with Gasteiger partial charge >= 0.3 is 0 Å². The Morgan fingerprint density at radius 3 is 2.15 bits per heavy atom. The lowest BCUT2D eigenvalue weighted by atomic mass is 10.0. The predicted octanol–water partition coefficient (Wildman–Crippen LogP) is 4.99. The number of hydrogen-bond acceptors (Lipinski definition) is 10. The molecule has 300 valence electrons. The third-order valence-corrected chi connectivity index (χ3v) is 8.93. The summed E-state index contributed by atoms with van der Waals surface area (Å²) < 4.78 is 38.4. The highest BCUT2D eigenvalue weighted by molar-refractivity contribution is 6.29. The topological polar surface area (TPSA) is 143 Å². The van der Waals surface area contributed by atoms with E-state index >= 15 is 0 Å². The number of nitrogens with zero attached hydrogens (tertiary/aromatic N) is 1. The Labute approximate surface area is 328 Å². The van der Waals surface area contributed by atoms with Crippen molar-refractivity contribution in [2.45, 2.75) is 38.5 Å². The highest BCUT2D eigenvalue weighted by Crippen LogP contribution is 2.31. The number of anilines is 2. The van der Waals surface area contributed by atoms with Crippen LogP contribution in [0.2, 0.25) is 0 Å². The zero-order chi connectivity index (χ0) is 39.1. The molecule has 1 heterocycles. The van der Waals surface area contributed by atoms with Crippen LogP contribution in [0.5, 0.6) is 17.2 Å². The van der Waals surface area contributed by atoms with Crippen molar-refractivity contribution in [3.05, 3.63) is 77.4 Å². The van der Waals surface area contributed by atoms with Crippen molar-refractivity contribution in [3.8, 4) is 17.2 Å². The Balaban J connectivity index is 0.926. The van der Waals surface area contributed by atoms with Gasteiger partial charge in [0.05, 0.1) is 73.5 Å². The van der Waals surface area contributed by atoms with Crippen molar-refractivity contribution in [2.75, 3.05) is 103 Å². The molecule has 0 bridgehead atoms. The second kappa shape index (κ2) is 24.9. The van der Waals surface area contributed by atoms with Gasteiger partial charge in [-0.25, -0.2) is 0 Å². The molecule has 0 fully saturated rings. The number of fused-ring (bicyclic) bond motifs is 1. The van der Waals surface area contributed by atoms with Gasteiger partial charge in [0.2, 0.25) is 11.8 Å². The molecule has 0 atom stereocenters. The first kappa shape index (κ1) is 43.3. The van der Waals surface area contributed by atoms with Gasteiger partial charge in [0, 0.05) is 24.5 Å². The van der Waals surface area contributed by atoms with Gasteiger partial charge in [0.25, 0.3) is 5.91 Å². The number of amides is 3. The van der Waals surface area contributed by atoms with Crippen LogP contribution in [0.15, 0.2) is 60.7 Å². The van der Waals surface area contributed by atoms with Crippen LogP contribution in [0.25, 0.3) is 0 Å². The molecule has 1 aliphatic rings. The van der Waals surface area contributed by atoms with Crippen molar-refractivity contribution in [1.82, 2.24) is 5.32 Å². The molecule has 0 saturated heterocycles. The summed E-state index contributed by atoms with van der Waals surface area (Å²) in [6, 6.07) is 19.4. The quantitative estimate of drug-likeness (QED) is 0.0845. The number of methoxy groups -OCH3 is 2. The summed E-state index contributed by atoms with van der Waals surface area (Å²) in [6.45, 7) is 3.93. The van der Waals surface area contributed by atoms with Crippen molar-refractivity contribution in [3.63, 3.8) is 0 Å². The van der Waals surface area contributed by atoms with E-state index in [-0.39, 0.29) is 36.6 Å². The molecule has 0 aliphatic carbocycles. The van der Waals surface area contributed by atoms with Gasteiger partial charge in [0.1, 0.15) is 11.6 Å². The molecule has 2 N–H and O–H groups in total. The van der Waals surface area contributed by atoms with Crippen LogP contribution in [0.3, 0.4) is 0 Å². The van der Waals surface area contributed by atoms with E-state index in [1.165, 1.54) is 5.56 Å².